The first kappa shape index (κ1) is 33.3. The van der Waals surface area contributed by atoms with Crippen LogP contribution in [0.2, 0.25) is 0 Å². The van der Waals surface area contributed by atoms with Crippen LogP contribution >= 0.6 is 0 Å². The Morgan fingerprint density at radius 1 is 0.978 bits per heavy atom. The number of carbonyl (C=O) groups excluding carboxylic acids is 1. The monoisotopic (exact) mass is 622 g/mol. The summed E-state index contributed by atoms with van der Waals surface area (Å²) >= 11 is 0. The van der Waals surface area contributed by atoms with Gasteiger partial charge in [0.2, 0.25) is 0 Å². The van der Waals surface area contributed by atoms with E-state index in [2.05, 4.69) is 46.1 Å². The molecule has 0 radical (unpaired) electrons. The topological polar surface area (TPSA) is 74.2 Å². The van der Waals surface area contributed by atoms with Crippen LogP contribution in [0.4, 0.5) is 0 Å². The Kier molecular flexibility index (Phi) is 10.3. The number of fused-ring (bicyclic) bond motifs is 5. The van der Waals surface area contributed by atoms with Gasteiger partial charge in [0.15, 0.2) is 12.6 Å². The van der Waals surface area contributed by atoms with Gasteiger partial charge in [-0.25, -0.2) is 0 Å². The van der Waals surface area contributed by atoms with Crippen LogP contribution in [0.3, 0.4) is 0 Å². The number of ketones is 1. The molecule has 0 aromatic carbocycles. The zero-order valence-electron chi connectivity index (χ0n) is 28.1. The number of aliphatic hydroxyl groups is 1. The summed E-state index contributed by atoms with van der Waals surface area (Å²) in [6.45, 7) is 16.2. The highest BCUT2D eigenvalue weighted by Crippen LogP contribution is 2.66. The van der Waals surface area contributed by atoms with Crippen molar-refractivity contribution in [3.8, 4) is 0 Å². The number of hydrogen-bond acceptors (Lipinski definition) is 6. The van der Waals surface area contributed by atoms with E-state index in [1.54, 1.807) is 17.7 Å². The van der Waals surface area contributed by atoms with Crippen LogP contribution < -0.4 is 0 Å². The Labute approximate surface area is 271 Å². The van der Waals surface area contributed by atoms with E-state index in [0.29, 0.717) is 17.8 Å². The molecule has 2 saturated heterocycles. The van der Waals surface area contributed by atoms with E-state index in [9.17, 15) is 9.90 Å². The van der Waals surface area contributed by atoms with Crippen LogP contribution in [-0.4, -0.2) is 55.0 Å². The molecule has 0 aromatic heterocycles. The van der Waals surface area contributed by atoms with Crippen LogP contribution in [0.15, 0.2) is 48.6 Å². The number of hydrogen-bond donors (Lipinski definition) is 1. The second-order valence-corrected chi connectivity index (χ2v) is 15.5. The molecule has 2 heterocycles. The van der Waals surface area contributed by atoms with Crippen LogP contribution in [0.5, 0.6) is 0 Å². The Balaban J connectivity index is 1.23. The molecule has 6 nitrogen and oxygen atoms in total. The molecule has 250 valence electrons. The first-order valence-corrected chi connectivity index (χ1v) is 18.1. The van der Waals surface area contributed by atoms with Crippen molar-refractivity contribution in [2.45, 2.75) is 135 Å². The predicted molar refractivity (Wildman–Crippen MR) is 176 cm³/mol. The maximum Gasteiger partial charge on any atom is 0.157 e. The molecule has 11 atom stereocenters. The summed E-state index contributed by atoms with van der Waals surface area (Å²) in [5.74, 6) is 0.942. The lowest BCUT2D eigenvalue weighted by Gasteiger charge is -2.58. The van der Waals surface area contributed by atoms with Crippen molar-refractivity contribution < 1.29 is 28.8 Å². The van der Waals surface area contributed by atoms with Gasteiger partial charge >= 0.3 is 0 Å². The minimum absolute atomic E-state index is 0.00552. The van der Waals surface area contributed by atoms with E-state index < -0.39 is 12.0 Å². The van der Waals surface area contributed by atoms with E-state index >= 15 is 0 Å². The molecule has 4 aliphatic carbocycles. The van der Waals surface area contributed by atoms with Crippen LogP contribution in [0.25, 0.3) is 0 Å². The number of rotatable bonds is 11. The van der Waals surface area contributed by atoms with Crippen molar-refractivity contribution in [3.63, 3.8) is 0 Å². The summed E-state index contributed by atoms with van der Waals surface area (Å²) < 4.78 is 25.8. The third-order valence-electron chi connectivity index (χ3n) is 13.1. The van der Waals surface area contributed by atoms with Gasteiger partial charge in [-0.1, -0.05) is 56.2 Å². The SMILES string of the molecule is C=CC(C=C)C(=O)CC(O)[C@@H](C)[C@H]1CC[C@H]2C3=CC=C4C[C@@H](OC5CCCCO5)C[C@H](OC5CCCCO5)[C@]4(C)[C@H]3CC[C@]12C. The number of Topliss-reactive ketones (excluding diaryl/α,β-unsaturated/α-hetero) is 1. The Morgan fingerprint density at radius 2 is 1.67 bits per heavy atom. The molecule has 6 heteroatoms. The van der Waals surface area contributed by atoms with Crippen molar-refractivity contribution in [2.75, 3.05) is 13.2 Å². The highest BCUT2D eigenvalue weighted by atomic mass is 16.7. The molecule has 6 aliphatic rings. The van der Waals surface area contributed by atoms with Gasteiger partial charge in [-0.15, -0.1) is 13.2 Å². The number of ether oxygens (including phenoxy) is 4. The predicted octanol–water partition coefficient (Wildman–Crippen LogP) is 7.86. The average Bonchev–Trinajstić information content (AvgIpc) is 3.40. The third kappa shape index (κ3) is 6.36. The molecule has 0 spiro atoms. The molecular weight excluding hydrogens is 564 g/mol. The van der Waals surface area contributed by atoms with Gasteiger partial charge in [0.05, 0.1) is 24.2 Å². The molecular formula is C39H58O6. The van der Waals surface area contributed by atoms with Crippen molar-refractivity contribution in [1.29, 1.82) is 0 Å². The zero-order chi connectivity index (χ0) is 31.8. The van der Waals surface area contributed by atoms with Crippen molar-refractivity contribution >= 4 is 5.78 Å². The van der Waals surface area contributed by atoms with Crippen molar-refractivity contribution in [2.24, 2.45) is 40.4 Å². The Bertz CT molecular complexity index is 1140. The van der Waals surface area contributed by atoms with Gasteiger partial charge < -0.3 is 24.1 Å². The van der Waals surface area contributed by atoms with Crippen LogP contribution in [0.1, 0.15) is 104 Å². The van der Waals surface area contributed by atoms with Gasteiger partial charge in [-0.05, 0) is 99.7 Å². The van der Waals surface area contributed by atoms with E-state index in [-0.39, 0.29) is 53.7 Å². The molecule has 1 N–H and O–H groups in total. The summed E-state index contributed by atoms with van der Waals surface area (Å²) in [7, 11) is 0. The lowest BCUT2D eigenvalue weighted by molar-refractivity contribution is -0.242. The second-order valence-electron chi connectivity index (χ2n) is 15.5. The zero-order valence-corrected chi connectivity index (χ0v) is 28.1. The summed E-state index contributed by atoms with van der Waals surface area (Å²) in [6.07, 6.45) is 20.3. The molecule has 45 heavy (non-hydrogen) atoms. The molecule has 0 aromatic rings. The van der Waals surface area contributed by atoms with Crippen molar-refractivity contribution in [1.82, 2.24) is 0 Å². The fourth-order valence-corrected chi connectivity index (χ4v) is 10.4. The molecule has 5 fully saturated rings. The molecule has 0 amide bonds. The van der Waals surface area contributed by atoms with Crippen molar-refractivity contribution in [3.05, 3.63) is 48.6 Å². The molecule has 3 unspecified atom stereocenters. The first-order chi connectivity index (χ1) is 21.7. The van der Waals surface area contributed by atoms with Gasteiger partial charge in [-0.3, -0.25) is 4.79 Å². The fraction of sp³-hybridized carbons (Fsp3) is 0.769. The Hall–Kier alpha value is -1.57. The summed E-state index contributed by atoms with van der Waals surface area (Å²) in [4.78, 5) is 12.8. The van der Waals surface area contributed by atoms with E-state index in [4.69, 9.17) is 18.9 Å². The molecule has 6 rings (SSSR count). The summed E-state index contributed by atoms with van der Waals surface area (Å²) in [5.41, 5.74) is 3.05. The largest absolute Gasteiger partial charge is 0.392 e. The quantitative estimate of drug-likeness (QED) is 0.237. The standard InChI is InChI=1S/C39H58O6/c1-6-26(7-2)34(41)24-33(40)25(3)30-16-17-31-29-15-14-27-22-28(44-36-12-8-10-20-42-36)23-35(45-37-13-9-11-21-43-37)39(27,5)32(29)18-19-38(30,31)4/h6-7,14-15,25-26,28,30-33,35-37,40H,1-2,8-13,16-24H2,3-5H3/t25-,28+,30+,31-,32-,33?,35-,36?,37?,38+,39-/m0/s1. The van der Waals surface area contributed by atoms with Gasteiger partial charge in [0.25, 0.3) is 0 Å². The molecule has 3 saturated carbocycles. The maximum absolute atomic E-state index is 12.8. The molecule has 0 bridgehead atoms. The van der Waals surface area contributed by atoms with E-state index in [1.807, 2.05) is 0 Å². The summed E-state index contributed by atoms with van der Waals surface area (Å²) in [6, 6.07) is 0. The average molecular weight is 623 g/mol. The van der Waals surface area contributed by atoms with Gasteiger partial charge in [-0.2, -0.15) is 0 Å². The maximum atomic E-state index is 12.8. The first-order valence-electron chi connectivity index (χ1n) is 18.1. The number of carbonyl (C=O) groups is 1. The number of aliphatic hydroxyl groups excluding tert-OH is 1. The molecule has 2 aliphatic heterocycles. The van der Waals surface area contributed by atoms with Gasteiger partial charge in [0, 0.05) is 31.5 Å². The highest BCUT2D eigenvalue weighted by Gasteiger charge is 2.60. The summed E-state index contributed by atoms with van der Waals surface area (Å²) in [5, 5.41) is 11.3. The second kappa shape index (κ2) is 13.9. The smallest absolute Gasteiger partial charge is 0.157 e. The van der Waals surface area contributed by atoms with E-state index in [1.165, 1.54) is 12.0 Å². The van der Waals surface area contributed by atoms with Crippen LogP contribution in [0, 0.1) is 40.4 Å². The highest BCUT2D eigenvalue weighted by molar-refractivity contribution is 5.84. The van der Waals surface area contributed by atoms with E-state index in [0.717, 1.165) is 83.8 Å². The minimum Gasteiger partial charge on any atom is -0.392 e. The van der Waals surface area contributed by atoms with Crippen LogP contribution in [-0.2, 0) is 23.7 Å². The normalized spacial score (nSPS) is 41.1. The number of allylic oxidation sites excluding steroid dienone is 5. The lowest BCUT2D eigenvalue weighted by atomic mass is 9.49. The third-order valence-corrected chi connectivity index (χ3v) is 13.1. The van der Waals surface area contributed by atoms with Gasteiger partial charge in [0.1, 0.15) is 5.78 Å². The Morgan fingerprint density at radius 3 is 2.31 bits per heavy atom. The fourth-order valence-electron chi connectivity index (χ4n) is 10.4. The lowest BCUT2D eigenvalue weighted by Crippen LogP contribution is -2.55. The minimum atomic E-state index is -0.653.